The Hall–Kier alpha value is -4.65. The lowest BCUT2D eigenvalue weighted by molar-refractivity contribution is -0.142. The third-order valence-electron chi connectivity index (χ3n) is 7.36. The molecule has 0 bridgehead atoms. The number of nitrogens with one attached hydrogen (secondary N) is 4. The predicted octanol–water partition coefficient (Wildman–Crippen LogP) is 6.02. The highest BCUT2D eigenvalue weighted by Gasteiger charge is 2.44. The molecule has 44 heavy (non-hydrogen) atoms. The number of benzene rings is 2. The van der Waals surface area contributed by atoms with Crippen molar-refractivity contribution < 1.29 is 27.9 Å². The zero-order valence-electron chi connectivity index (χ0n) is 24.5. The maximum absolute atomic E-state index is 14.4. The molecule has 1 unspecified atom stereocenters. The van der Waals surface area contributed by atoms with Crippen LogP contribution in [-0.2, 0) is 18.1 Å². The van der Waals surface area contributed by atoms with Gasteiger partial charge in [-0.05, 0) is 66.1 Å². The highest BCUT2D eigenvalue weighted by molar-refractivity contribution is 6.05. The van der Waals surface area contributed by atoms with Crippen LogP contribution >= 0.6 is 0 Å². The van der Waals surface area contributed by atoms with Gasteiger partial charge in [0.25, 0.3) is 5.91 Å². The fraction of sp³-hybridized carbons (Fsp3) is 0.355. The number of alkyl halides is 3. The van der Waals surface area contributed by atoms with Crippen molar-refractivity contribution in [3.63, 3.8) is 0 Å². The van der Waals surface area contributed by atoms with Crippen LogP contribution < -0.4 is 16.0 Å². The maximum atomic E-state index is 14.4. The highest BCUT2D eigenvalue weighted by atomic mass is 19.4. The summed E-state index contributed by atoms with van der Waals surface area (Å²) in [6.07, 6.45) is -0.223. The zero-order valence-corrected chi connectivity index (χ0v) is 24.5. The molecule has 1 aliphatic rings. The number of hydrogen-bond acceptors (Lipinski definition) is 5. The van der Waals surface area contributed by atoms with Crippen LogP contribution in [0.3, 0.4) is 0 Å². The fourth-order valence-corrected chi connectivity index (χ4v) is 5.14. The lowest BCUT2D eigenvalue weighted by Gasteiger charge is -2.22. The Balaban J connectivity index is 1.54. The van der Waals surface area contributed by atoms with Gasteiger partial charge in [-0.2, -0.15) is 23.4 Å². The minimum absolute atomic E-state index is 0.0797. The molecular formula is C31H34F3N7O3. The van der Waals surface area contributed by atoms with Gasteiger partial charge in [-0.1, -0.05) is 45.0 Å². The summed E-state index contributed by atoms with van der Waals surface area (Å²) in [5.41, 5.74) is 0.0228. The summed E-state index contributed by atoms with van der Waals surface area (Å²) in [6, 6.07) is 13.1. The number of aromatic nitrogens is 4. The molecule has 13 heteroatoms. The zero-order chi connectivity index (χ0) is 31.6. The number of H-pyrrole nitrogens is 1. The van der Waals surface area contributed by atoms with E-state index in [-0.39, 0.29) is 29.5 Å². The van der Waals surface area contributed by atoms with Gasteiger partial charge in [-0.15, -0.1) is 0 Å². The Morgan fingerprint density at radius 3 is 2.48 bits per heavy atom. The van der Waals surface area contributed by atoms with Crippen molar-refractivity contribution >= 4 is 17.7 Å². The number of anilines is 1. The third-order valence-corrected chi connectivity index (χ3v) is 7.36. The molecule has 1 saturated carbocycles. The van der Waals surface area contributed by atoms with E-state index in [0.717, 1.165) is 22.4 Å². The first-order chi connectivity index (χ1) is 20.8. The van der Waals surface area contributed by atoms with Crippen LogP contribution in [0.15, 0.2) is 60.9 Å². The number of aromatic amines is 1. The van der Waals surface area contributed by atoms with E-state index < -0.39 is 29.3 Å². The van der Waals surface area contributed by atoms with Crippen molar-refractivity contribution in [1.29, 1.82) is 0 Å². The summed E-state index contributed by atoms with van der Waals surface area (Å²) < 4.78 is 44.1. The topological polar surface area (TPSA) is 137 Å². The standard InChI is InChI=1S/C31H34F3N7O3/c1-30(2,3)24-26(41(40-27(24)31(32,33)34)23-9-4-6-19(12-23)15-36-29(43)44)28(42)39-22-8-5-7-20(13-22)25(21-16-37-38-17-21)35-14-18-10-11-18/h4-9,12-13,16-18,25,35-36H,10-11,14-15H2,1-3H3,(H,37,38)(H,39,42)(H,43,44). The summed E-state index contributed by atoms with van der Waals surface area (Å²) in [4.78, 5) is 25.0. The molecule has 0 radical (unpaired) electrons. The maximum Gasteiger partial charge on any atom is 0.435 e. The molecule has 2 aromatic carbocycles. The summed E-state index contributed by atoms with van der Waals surface area (Å²) >= 11 is 0. The van der Waals surface area contributed by atoms with Crippen LogP contribution in [0.1, 0.15) is 78.1 Å². The summed E-state index contributed by atoms with van der Waals surface area (Å²) in [7, 11) is 0. The van der Waals surface area contributed by atoms with Gasteiger partial charge in [-0.3, -0.25) is 9.89 Å². The number of hydrogen-bond donors (Lipinski definition) is 5. The molecule has 2 heterocycles. The molecule has 1 fully saturated rings. The molecule has 5 rings (SSSR count). The normalized spacial score (nSPS) is 14.3. The van der Waals surface area contributed by atoms with Crippen molar-refractivity contribution in [2.75, 3.05) is 11.9 Å². The number of amides is 2. The van der Waals surface area contributed by atoms with E-state index in [1.165, 1.54) is 25.0 Å². The Morgan fingerprint density at radius 1 is 1.09 bits per heavy atom. The van der Waals surface area contributed by atoms with Gasteiger partial charge < -0.3 is 21.1 Å². The Morgan fingerprint density at radius 2 is 1.84 bits per heavy atom. The first-order valence-electron chi connectivity index (χ1n) is 14.2. The van der Waals surface area contributed by atoms with Crippen LogP contribution in [0.25, 0.3) is 5.69 Å². The lowest BCUT2D eigenvalue weighted by atomic mass is 9.84. The minimum atomic E-state index is -4.84. The van der Waals surface area contributed by atoms with Crippen LogP contribution in [0.2, 0.25) is 0 Å². The van der Waals surface area contributed by atoms with Crippen molar-refractivity contribution in [2.45, 2.75) is 57.8 Å². The van der Waals surface area contributed by atoms with Crippen molar-refractivity contribution in [3.05, 3.63) is 94.6 Å². The van der Waals surface area contributed by atoms with E-state index >= 15 is 0 Å². The van der Waals surface area contributed by atoms with Gasteiger partial charge in [-0.25, -0.2) is 9.48 Å². The monoisotopic (exact) mass is 609 g/mol. The van der Waals surface area contributed by atoms with E-state index in [1.54, 1.807) is 63.5 Å². The molecule has 1 atom stereocenters. The van der Waals surface area contributed by atoms with Crippen LogP contribution in [0.5, 0.6) is 0 Å². The van der Waals surface area contributed by atoms with E-state index in [1.807, 2.05) is 6.07 Å². The Labute approximate surface area is 252 Å². The molecule has 2 amide bonds. The smallest absolute Gasteiger partial charge is 0.435 e. The third kappa shape index (κ3) is 7.10. The molecule has 4 aromatic rings. The van der Waals surface area contributed by atoms with Crippen molar-refractivity contribution in [3.8, 4) is 5.69 Å². The van der Waals surface area contributed by atoms with Crippen LogP contribution in [-0.4, -0.2) is 43.6 Å². The molecule has 10 nitrogen and oxygen atoms in total. The van der Waals surface area contributed by atoms with Gasteiger partial charge in [0.15, 0.2) is 5.69 Å². The average molecular weight is 610 g/mol. The quantitative estimate of drug-likeness (QED) is 0.149. The molecule has 0 spiro atoms. The van der Waals surface area contributed by atoms with Gasteiger partial charge in [0.2, 0.25) is 0 Å². The number of halogens is 3. The number of carboxylic acid groups (broad SMARTS) is 1. The fourth-order valence-electron chi connectivity index (χ4n) is 5.14. The average Bonchev–Trinajstić information content (AvgIpc) is 3.43. The van der Waals surface area contributed by atoms with E-state index in [2.05, 4.69) is 31.2 Å². The van der Waals surface area contributed by atoms with E-state index in [0.29, 0.717) is 17.2 Å². The number of rotatable bonds is 10. The molecule has 0 saturated heterocycles. The van der Waals surface area contributed by atoms with Crippen LogP contribution in [0.4, 0.5) is 23.7 Å². The SMILES string of the molecule is CC(C)(C)c1c(C(F)(F)F)nn(-c2cccc(CNC(=O)O)c2)c1C(=O)Nc1cccc(C(NCC2CC2)c2cn[nH]c2)c1. The molecule has 2 aromatic heterocycles. The number of carbonyl (C=O) groups is 2. The Bertz CT molecular complexity index is 1640. The second-order valence-electron chi connectivity index (χ2n) is 12.0. The largest absolute Gasteiger partial charge is 0.465 e. The van der Waals surface area contributed by atoms with E-state index in [9.17, 15) is 22.8 Å². The number of carbonyl (C=O) groups excluding carboxylic acids is 1. The van der Waals surface area contributed by atoms with Gasteiger partial charge in [0.05, 0.1) is 17.9 Å². The first-order valence-corrected chi connectivity index (χ1v) is 14.2. The van der Waals surface area contributed by atoms with Crippen molar-refractivity contribution in [2.24, 2.45) is 5.92 Å². The van der Waals surface area contributed by atoms with Gasteiger partial charge in [0, 0.05) is 29.6 Å². The first kappa shape index (κ1) is 30.8. The highest BCUT2D eigenvalue weighted by Crippen LogP contribution is 2.40. The lowest BCUT2D eigenvalue weighted by Crippen LogP contribution is -2.26. The second kappa shape index (κ2) is 12.2. The van der Waals surface area contributed by atoms with Crippen LogP contribution in [0, 0.1) is 5.92 Å². The summed E-state index contributed by atoms with van der Waals surface area (Å²) in [6.45, 7) is 5.52. The molecular weight excluding hydrogens is 575 g/mol. The van der Waals surface area contributed by atoms with E-state index in [4.69, 9.17) is 5.11 Å². The minimum Gasteiger partial charge on any atom is -0.465 e. The summed E-state index contributed by atoms with van der Waals surface area (Å²) in [5, 5.41) is 28.4. The molecule has 1 aliphatic carbocycles. The summed E-state index contributed by atoms with van der Waals surface area (Å²) in [5.74, 6) is -0.153. The Kier molecular flexibility index (Phi) is 8.51. The number of nitrogens with zero attached hydrogens (tertiary/aromatic N) is 3. The molecule has 5 N–H and O–H groups in total. The molecule has 0 aliphatic heterocycles. The van der Waals surface area contributed by atoms with Gasteiger partial charge in [0.1, 0.15) is 5.69 Å². The van der Waals surface area contributed by atoms with Gasteiger partial charge >= 0.3 is 12.3 Å². The van der Waals surface area contributed by atoms with Crippen molar-refractivity contribution in [1.82, 2.24) is 30.6 Å². The predicted molar refractivity (Wildman–Crippen MR) is 158 cm³/mol. The second-order valence-corrected chi connectivity index (χ2v) is 12.0. The molecule has 232 valence electrons.